The smallest absolute Gasteiger partial charge is 0.251 e. The van der Waals surface area contributed by atoms with Gasteiger partial charge in [0.1, 0.15) is 5.75 Å². The number of hydrogen-bond donors (Lipinski definition) is 1. The maximum absolute atomic E-state index is 12.8. The molecule has 148 valence electrons. The summed E-state index contributed by atoms with van der Waals surface area (Å²) in [5.74, 6) is 1.31. The molecule has 0 radical (unpaired) electrons. The predicted molar refractivity (Wildman–Crippen MR) is 111 cm³/mol. The van der Waals surface area contributed by atoms with Gasteiger partial charge in [-0.3, -0.25) is 4.79 Å². The van der Waals surface area contributed by atoms with E-state index in [0.29, 0.717) is 35.2 Å². The second-order valence-corrected chi connectivity index (χ2v) is 7.28. The molecule has 1 atom stereocenters. The maximum atomic E-state index is 12.8. The van der Waals surface area contributed by atoms with Gasteiger partial charge in [-0.1, -0.05) is 0 Å². The van der Waals surface area contributed by atoms with Crippen molar-refractivity contribution in [3.8, 4) is 17.2 Å². The monoisotopic (exact) mass is 408 g/mol. The van der Waals surface area contributed by atoms with E-state index in [0.717, 1.165) is 5.56 Å². The second-order valence-electron chi connectivity index (χ2n) is 6.50. The van der Waals surface area contributed by atoms with Crippen LogP contribution < -0.4 is 10.1 Å². The molecule has 0 aliphatic carbocycles. The molecule has 0 aliphatic rings. The third-order valence-corrected chi connectivity index (χ3v) is 5.24. The highest BCUT2D eigenvalue weighted by Gasteiger charge is 2.19. The van der Waals surface area contributed by atoms with Crippen molar-refractivity contribution in [2.24, 2.45) is 0 Å². The Hall–Kier alpha value is -3.39. The summed E-state index contributed by atoms with van der Waals surface area (Å²) in [6.45, 7) is 1.72. The standard InChI is InChI=1S/C21H20N4O3S/c1-14-23-24-21(28-14)17-11-16(5-6-19(17)27-2)22-20(26)12-18(15-7-10-29-13-15)25-8-3-4-9-25/h3-11,13,18H,12H2,1-2H3,(H,22,26)/t18-/m0/s1. The number of hydrogen-bond acceptors (Lipinski definition) is 6. The van der Waals surface area contributed by atoms with E-state index in [9.17, 15) is 4.79 Å². The van der Waals surface area contributed by atoms with Crippen molar-refractivity contribution in [2.75, 3.05) is 12.4 Å². The van der Waals surface area contributed by atoms with Gasteiger partial charge in [0, 0.05) is 25.0 Å². The third-order valence-electron chi connectivity index (χ3n) is 4.53. The van der Waals surface area contributed by atoms with E-state index in [1.54, 1.807) is 43.6 Å². The number of methoxy groups -OCH3 is 1. The summed E-state index contributed by atoms with van der Waals surface area (Å²) < 4.78 is 13.0. The number of anilines is 1. The number of aryl methyl sites for hydroxylation is 1. The number of ether oxygens (including phenoxy) is 1. The zero-order chi connectivity index (χ0) is 20.2. The van der Waals surface area contributed by atoms with Crippen molar-refractivity contribution in [2.45, 2.75) is 19.4 Å². The number of carbonyl (C=O) groups excluding carboxylic acids is 1. The van der Waals surface area contributed by atoms with Gasteiger partial charge in [-0.25, -0.2) is 0 Å². The van der Waals surface area contributed by atoms with Crippen molar-refractivity contribution in [1.29, 1.82) is 0 Å². The molecule has 0 bridgehead atoms. The molecule has 3 heterocycles. The van der Waals surface area contributed by atoms with E-state index in [2.05, 4.69) is 20.9 Å². The Bertz CT molecular complexity index is 1050. The molecule has 0 saturated carbocycles. The van der Waals surface area contributed by atoms with Gasteiger partial charge in [0.2, 0.25) is 11.8 Å². The summed E-state index contributed by atoms with van der Waals surface area (Å²) in [4.78, 5) is 12.8. The van der Waals surface area contributed by atoms with E-state index in [-0.39, 0.29) is 11.9 Å². The van der Waals surface area contributed by atoms with Gasteiger partial charge in [-0.15, -0.1) is 10.2 Å². The number of thiophene rings is 1. The van der Waals surface area contributed by atoms with Crippen molar-refractivity contribution < 1.29 is 13.9 Å². The zero-order valence-electron chi connectivity index (χ0n) is 16.0. The number of benzene rings is 1. The first-order chi connectivity index (χ1) is 14.1. The fourth-order valence-corrected chi connectivity index (χ4v) is 3.87. The molecule has 1 amide bonds. The molecule has 1 N–H and O–H groups in total. The molecule has 29 heavy (non-hydrogen) atoms. The van der Waals surface area contributed by atoms with Gasteiger partial charge >= 0.3 is 0 Å². The summed E-state index contributed by atoms with van der Waals surface area (Å²) in [5, 5.41) is 15.0. The minimum atomic E-state index is -0.0901. The number of aromatic nitrogens is 3. The van der Waals surface area contributed by atoms with E-state index < -0.39 is 0 Å². The van der Waals surface area contributed by atoms with Gasteiger partial charge in [-0.05, 0) is 52.7 Å². The first-order valence-corrected chi connectivity index (χ1v) is 10.0. The van der Waals surface area contributed by atoms with Gasteiger partial charge in [0.15, 0.2) is 0 Å². The van der Waals surface area contributed by atoms with Crippen LogP contribution in [0.15, 0.2) is 64.0 Å². The molecule has 3 aromatic heterocycles. The Morgan fingerprint density at radius 2 is 2.10 bits per heavy atom. The molecule has 0 fully saturated rings. The Morgan fingerprint density at radius 3 is 2.76 bits per heavy atom. The van der Waals surface area contributed by atoms with Gasteiger partial charge < -0.3 is 19.0 Å². The molecule has 0 saturated heterocycles. The average molecular weight is 408 g/mol. The summed E-state index contributed by atoms with van der Waals surface area (Å²) in [6.07, 6.45) is 4.25. The van der Waals surface area contributed by atoms with Crippen molar-refractivity contribution >= 4 is 22.9 Å². The lowest BCUT2D eigenvalue weighted by Crippen LogP contribution is -2.19. The number of amides is 1. The van der Waals surface area contributed by atoms with Crippen LogP contribution in [0.3, 0.4) is 0 Å². The van der Waals surface area contributed by atoms with Gasteiger partial charge in [0.05, 0.1) is 25.1 Å². The van der Waals surface area contributed by atoms with E-state index in [1.807, 2.05) is 40.5 Å². The van der Waals surface area contributed by atoms with Crippen LogP contribution in [0.4, 0.5) is 5.69 Å². The Balaban J connectivity index is 1.55. The highest BCUT2D eigenvalue weighted by Crippen LogP contribution is 2.32. The molecule has 8 heteroatoms. The van der Waals surface area contributed by atoms with Crippen LogP contribution in [0.2, 0.25) is 0 Å². The third kappa shape index (κ3) is 4.22. The molecular weight excluding hydrogens is 388 g/mol. The normalized spacial score (nSPS) is 11.9. The zero-order valence-corrected chi connectivity index (χ0v) is 16.8. The number of nitrogens with one attached hydrogen (secondary N) is 1. The summed E-state index contributed by atoms with van der Waals surface area (Å²) in [5.41, 5.74) is 2.38. The fourth-order valence-electron chi connectivity index (χ4n) is 3.16. The molecule has 4 aromatic rings. The minimum absolute atomic E-state index is 0.0624. The summed E-state index contributed by atoms with van der Waals surface area (Å²) in [7, 11) is 1.57. The van der Waals surface area contributed by atoms with E-state index in [4.69, 9.17) is 9.15 Å². The molecule has 1 aromatic carbocycles. The van der Waals surface area contributed by atoms with E-state index >= 15 is 0 Å². The Kier molecular flexibility index (Phi) is 5.44. The fraction of sp³-hybridized carbons (Fsp3) is 0.190. The second kappa shape index (κ2) is 8.32. The molecular formula is C21H20N4O3S. The first kappa shape index (κ1) is 18.9. The SMILES string of the molecule is COc1ccc(NC(=O)C[C@@H](c2ccsc2)n2cccc2)cc1-c1nnc(C)o1. The summed E-state index contributed by atoms with van der Waals surface area (Å²) in [6, 6.07) is 11.2. The van der Waals surface area contributed by atoms with E-state index in [1.165, 1.54) is 0 Å². The predicted octanol–water partition coefficient (Wildman–Crippen LogP) is 4.53. The van der Waals surface area contributed by atoms with Crippen LogP contribution in [0, 0.1) is 6.92 Å². The highest BCUT2D eigenvalue weighted by molar-refractivity contribution is 7.08. The lowest BCUT2D eigenvalue weighted by Gasteiger charge is -2.18. The van der Waals surface area contributed by atoms with Crippen LogP contribution >= 0.6 is 11.3 Å². The van der Waals surface area contributed by atoms with Crippen LogP contribution in [0.5, 0.6) is 5.75 Å². The largest absolute Gasteiger partial charge is 0.496 e. The maximum Gasteiger partial charge on any atom is 0.251 e. The molecule has 7 nitrogen and oxygen atoms in total. The van der Waals surface area contributed by atoms with Crippen LogP contribution in [-0.4, -0.2) is 27.8 Å². The highest BCUT2D eigenvalue weighted by atomic mass is 32.1. The quantitative estimate of drug-likeness (QED) is 0.486. The first-order valence-electron chi connectivity index (χ1n) is 9.07. The van der Waals surface area contributed by atoms with Gasteiger partial charge in [-0.2, -0.15) is 11.3 Å². The minimum Gasteiger partial charge on any atom is -0.496 e. The molecule has 0 unspecified atom stereocenters. The number of carbonyl (C=O) groups is 1. The lowest BCUT2D eigenvalue weighted by atomic mass is 10.1. The number of nitrogens with zero attached hydrogens (tertiary/aromatic N) is 3. The van der Waals surface area contributed by atoms with Crippen molar-refractivity contribution in [3.05, 3.63) is 71.0 Å². The average Bonchev–Trinajstić information content (AvgIpc) is 3.48. The van der Waals surface area contributed by atoms with Crippen molar-refractivity contribution in [1.82, 2.24) is 14.8 Å². The summed E-state index contributed by atoms with van der Waals surface area (Å²) >= 11 is 1.62. The Labute approximate surface area is 172 Å². The lowest BCUT2D eigenvalue weighted by molar-refractivity contribution is -0.116. The van der Waals surface area contributed by atoms with Gasteiger partial charge in [0.25, 0.3) is 5.89 Å². The Morgan fingerprint density at radius 1 is 1.28 bits per heavy atom. The molecule has 0 spiro atoms. The topological polar surface area (TPSA) is 82.2 Å². The molecule has 0 aliphatic heterocycles. The van der Waals surface area contributed by atoms with Crippen LogP contribution in [-0.2, 0) is 4.79 Å². The van der Waals surface area contributed by atoms with Crippen LogP contribution in [0.25, 0.3) is 11.5 Å². The van der Waals surface area contributed by atoms with Crippen LogP contribution in [0.1, 0.15) is 23.9 Å². The van der Waals surface area contributed by atoms with Crippen molar-refractivity contribution in [3.63, 3.8) is 0 Å². The molecule has 4 rings (SSSR count). The number of rotatable bonds is 7.